The van der Waals surface area contributed by atoms with Crippen LogP contribution in [0.25, 0.3) is 22.8 Å². The van der Waals surface area contributed by atoms with E-state index in [9.17, 15) is 9.59 Å². The van der Waals surface area contributed by atoms with Gasteiger partial charge in [0.15, 0.2) is 0 Å². The predicted octanol–water partition coefficient (Wildman–Crippen LogP) is 5.10. The molecule has 0 atom stereocenters. The molecule has 0 bridgehead atoms. The summed E-state index contributed by atoms with van der Waals surface area (Å²) in [5.74, 6) is 0. The van der Waals surface area contributed by atoms with Gasteiger partial charge in [-0.2, -0.15) is 0 Å². The van der Waals surface area contributed by atoms with E-state index in [0.717, 1.165) is 33.1 Å². The molecule has 0 spiro atoms. The molecule has 4 rings (SSSR count). The van der Waals surface area contributed by atoms with Gasteiger partial charge >= 0.3 is 25.7 Å². The molecular weight excluding hydrogens is 662 g/mol. The number of pyridine rings is 4. The summed E-state index contributed by atoms with van der Waals surface area (Å²) in [6, 6.07) is 19.5. The Morgan fingerprint density at radius 1 is 0.488 bits per heavy atom. The average molecular weight is 708 g/mol. The van der Waals surface area contributed by atoms with E-state index in [1.54, 1.807) is 12.4 Å². The Labute approximate surface area is 267 Å². The summed E-state index contributed by atoms with van der Waals surface area (Å²) in [5, 5.41) is 2.00. The minimum atomic E-state index is -2.49. The molecule has 0 saturated heterocycles. The molecule has 234 valence electrons. The van der Waals surface area contributed by atoms with Crippen molar-refractivity contribution < 1.29 is 35.3 Å². The van der Waals surface area contributed by atoms with Gasteiger partial charge in [-0.3, -0.25) is 19.9 Å². The van der Waals surface area contributed by atoms with E-state index in [0.29, 0.717) is 0 Å². The standard InChI is InChI=1S/2C16H22N2OSi.2H2O.Ru/c2*1-12(2)20(19,13(3)4)14-8-9-16(18-11-14)15-7-5-6-10-17-15;;;/h2*5-13,19H,1-4H3;2*1H2;/q;;;;+2/p-2. The molecule has 0 aliphatic heterocycles. The quantitative estimate of drug-likeness (QED) is 0.186. The van der Waals surface area contributed by atoms with Crippen molar-refractivity contribution in [3.8, 4) is 22.8 Å². The van der Waals surface area contributed by atoms with Crippen molar-refractivity contribution in [2.24, 2.45) is 0 Å². The van der Waals surface area contributed by atoms with Crippen molar-refractivity contribution in [1.82, 2.24) is 19.9 Å². The van der Waals surface area contributed by atoms with Gasteiger partial charge in [0.25, 0.3) is 0 Å². The summed E-state index contributed by atoms with van der Waals surface area (Å²) in [6.45, 7) is 16.8. The van der Waals surface area contributed by atoms with Crippen molar-refractivity contribution >= 4 is 27.0 Å². The van der Waals surface area contributed by atoms with Gasteiger partial charge in [0.2, 0.25) is 16.6 Å². The zero-order chi connectivity index (χ0) is 32.2. The average Bonchev–Trinajstić information content (AvgIpc) is 3.01. The zero-order valence-corrected chi connectivity index (χ0v) is 30.1. The van der Waals surface area contributed by atoms with Crippen LogP contribution in [0.5, 0.6) is 0 Å². The Morgan fingerprint density at radius 3 is 1.00 bits per heavy atom. The second kappa shape index (κ2) is 17.1. The third-order valence-electron chi connectivity index (χ3n) is 7.83. The fourth-order valence-corrected chi connectivity index (χ4v) is 11.8. The van der Waals surface area contributed by atoms with E-state index in [1.165, 1.54) is 0 Å². The van der Waals surface area contributed by atoms with Crippen LogP contribution in [0.2, 0.25) is 22.2 Å². The van der Waals surface area contributed by atoms with E-state index in [1.807, 2.05) is 73.1 Å². The maximum atomic E-state index is 11.1. The van der Waals surface area contributed by atoms with Crippen LogP contribution in [0.4, 0.5) is 0 Å². The molecule has 0 aromatic carbocycles. The van der Waals surface area contributed by atoms with Gasteiger partial charge in [0.05, 0.1) is 22.8 Å². The van der Waals surface area contributed by atoms with E-state index in [-0.39, 0.29) is 22.2 Å². The van der Waals surface area contributed by atoms with Gasteiger partial charge in [-0.25, -0.2) is 0 Å². The summed E-state index contributed by atoms with van der Waals surface area (Å²) in [6.07, 6.45) is 7.18. The maximum absolute atomic E-state index is 11.1. The van der Waals surface area contributed by atoms with Gasteiger partial charge in [0.1, 0.15) is 0 Å². The van der Waals surface area contributed by atoms with Crippen molar-refractivity contribution in [3.63, 3.8) is 0 Å². The normalized spacial score (nSPS) is 11.8. The van der Waals surface area contributed by atoms with Gasteiger partial charge in [-0.05, 0) is 68.9 Å². The van der Waals surface area contributed by atoms with Gasteiger partial charge in [-0.1, -0.05) is 79.7 Å². The number of hydrogen-bond donors (Lipinski definition) is 4. The summed E-state index contributed by atoms with van der Waals surface area (Å²) in [7, 11) is -4.97. The SMILES string of the molecule is CC(C)[Si](O)(c1ccc(-c2ccccn2)nc1)C(C)C.CC(C)[Si](O)(c1ccc(-c2ccccn2)nc1)C(C)C.[OH][Ru][OH]. The van der Waals surface area contributed by atoms with Gasteiger partial charge in [0, 0.05) is 24.8 Å². The monoisotopic (exact) mass is 708 g/mol. The number of aromatic nitrogens is 4. The van der Waals surface area contributed by atoms with Crippen LogP contribution in [0.3, 0.4) is 0 Å². The zero-order valence-electron chi connectivity index (χ0n) is 26.3. The van der Waals surface area contributed by atoms with Crippen LogP contribution in [-0.2, 0) is 17.8 Å². The fraction of sp³-hybridized carbons (Fsp3) is 0.375. The molecule has 0 radical (unpaired) electrons. The summed E-state index contributed by atoms with van der Waals surface area (Å²) in [4.78, 5) is 39.7. The third-order valence-corrected chi connectivity index (χ3v) is 17.3. The first-order valence-corrected chi connectivity index (χ1v) is 20.2. The Balaban J connectivity index is 0.000000275. The van der Waals surface area contributed by atoms with E-state index >= 15 is 0 Å². The number of rotatable bonds is 8. The molecule has 4 N–H and O–H groups in total. The fourth-order valence-electron chi connectivity index (χ4n) is 5.26. The van der Waals surface area contributed by atoms with Crippen LogP contribution in [0.1, 0.15) is 55.4 Å². The second-order valence-electron chi connectivity index (χ2n) is 11.6. The summed E-state index contributed by atoms with van der Waals surface area (Å²) < 4.78 is 14.4. The molecule has 4 heterocycles. The Bertz CT molecular complexity index is 1220. The van der Waals surface area contributed by atoms with E-state index < -0.39 is 34.5 Å². The topological polar surface area (TPSA) is 132 Å². The van der Waals surface area contributed by atoms with Crippen LogP contribution >= 0.6 is 0 Å². The number of nitrogens with zero attached hydrogens (tertiary/aromatic N) is 4. The van der Waals surface area contributed by atoms with Crippen LogP contribution in [0, 0.1) is 0 Å². The molecule has 43 heavy (non-hydrogen) atoms. The van der Waals surface area contributed by atoms with Crippen molar-refractivity contribution in [2.75, 3.05) is 0 Å². The molecule has 0 unspecified atom stereocenters. The van der Waals surface area contributed by atoms with Crippen molar-refractivity contribution in [3.05, 3.63) is 85.5 Å². The predicted molar refractivity (Wildman–Crippen MR) is 175 cm³/mol. The minimum absolute atomic E-state index is 0.269. The molecule has 0 aliphatic rings. The van der Waals surface area contributed by atoms with Gasteiger partial charge in [-0.15, -0.1) is 0 Å². The first-order chi connectivity index (χ1) is 20.3. The first kappa shape index (κ1) is 36.7. The summed E-state index contributed by atoms with van der Waals surface area (Å²) >= 11 is -1.29. The van der Waals surface area contributed by atoms with Crippen LogP contribution in [0.15, 0.2) is 85.5 Å². The Kier molecular flexibility index (Phi) is 14.6. The molecule has 0 saturated carbocycles. The molecule has 0 amide bonds. The second-order valence-corrected chi connectivity index (χ2v) is 21.1. The van der Waals surface area contributed by atoms with Crippen LogP contribution < -0.4 is 10.4 Å². The van der Waals surface area contributed by atoms with E-state index in [2.05, 4.69) is 75.3 Å². The molecule has 11 heteroatoms. The van der Waals surface area contributed by atoms with E-state index in [4.69, 9.17) is 7.87 Å². The molecule has 8 nitrogen and oxygen atoms in total. The van der Waals surface area contributed by atoms with Gasteiger partial charge < -0.3 is 9.59 Å². The van der Waals surface area contributed by atoms with Crippen molar-refractivity contribution in [2.45, 2.75) is 77.6 Å². The Morgan fingerprint density at radius 2 is 0.791 bits per heavy atom. The molecule has 4 aromatic rings. The van der Waals surface area contributed by atoms with Crippen LogP contribution in [-0.4, -0.2) is 54.0 Å². The molecule has 0 fully saturated rings. The Hall–Kier alpha value is -2.50. The molecule has 0 aliphatic carbocycles. The molecular formula is C32H46N4O4RuSi2. The van der Waals surface area contributed by atoms with Crippen molar-refractivity contribution in [1.29, 1.82) is 0 Å². The third kappa shape index (κ3) is 9.25. The summed E-state index contributed by atoms with van der Waals surface area (Å²) in [5.41, 5.74) is 4.48. The first-order valence-electron chi connectivity index (χ1n) is 14.4. The molecule has 4 aromatic heterocycles. The number of hydrogen-bond acceptors (Lipinski definition) is 8.